The van der Waals surface area contributed by atoms with Crippen LogP contribution >= 0.6 is 27.5 Å². The summed E-state index contributed by atoms with van der Waals surface area (Å²) in [6.45, 7) is 6.15. The van der Waals surface area contributed by atoms with Gasteiger partial charge in [-0.1, -0.05) is 60.4 Å². The normalized spacial score (nSPS) is 12.4. The third kappa shape index (κ3) is 5.20. The fourth-order valence-corrected chi connectivity index (χ4v) is 4.00. The minimum Gasteiger partial charge on any atom is -0.487 e. The Balaban J connectivity index is 1.63. The van der Waals surface area contributed by atoms with Crippen LogP contribution in [0.4, 0.5) is 13.2 Å². The Labute approximate surface area is 203 Å². The number of alkyl halides is 3. The Hall–Kier alpha value is -2.51. The van der Waals surface area contributed by atoms with Crippen LogP contribution < -0.4 is 4.74 Å². The first kappa shape index (κ1) is 23.6. The molecule has 1 N–H and O–H groups in total. The Morgan fingerprint density at radius 3 is 2.45 bits per heavy atom. The quantitative estimate of drug-likeness (QED) is 0.283. The molecule has 0 saturated heterocycles. The second-order valence-corrected chi connectivity index (χ2v) is 10.1. The number of hydrogen-bond donors (Lipinski definition) is 1. The van der Waals surface area contributed by atoms with Crippen molar-refractivity contribution in [3.8, 4) is 17.1 Å². The number of benzene rings is 3. The van der Waals surface area contributed by atoms with E-state index in [1.807, 2.05) is 6.07 Å². The van der Waals surface area contributed by atoms with Crippen LogP contribution in [0, 0.1) is 0 Å². The Bertz CT molecular complexity index is 1330. The lowest BCUT2D eigenvalue weighted by atomic mass is 9.87. The van der Waals surface area contributed by atoms with Gasteiger partial charge in [0.1, 0.15) is 18.2 Å². The van der Waals surface area contributed by atoms with E-state index in [1.165, 1.54) is 11.6 Å². The van der Waals surface area contributed by atoms with Gasteiger partial charge in [0.2, 0.25) is 0 Å². The van der Waals surface area contributed by atoms with Crippen LogP contribution in [0.25, 0.3) is 22.4 Å². The summed E-state index contributed by atoms with van der Waals surface area (Å²) in [4.78, 5) is 7.96. The molecule has 1 heterocycles. The zero-order valence-electron chi connectivity index (χ0n) is 18.1. The Kier molecular flexibility index (Phi) is 6.22. The number of H-pyrrole nitrogens is 1. The molecule has 0 aliphatic carbocycles. The maximum Gasteiger partial charge on any atom is 0.416 e. The third-order valence-corrected chi connectivity index (χ3v) is 6.12. The monoisotopic (exact) mass is 536 g/mol. The second-order valence-electron chi connectivity index (χ2n) is 8.80. The molecule has 3 aromatic carbocycles. The topological polar surface area (TPSA) is 37.9 Å². The first-order chi connectivity index (χ1) is 15.4. The molecule has 0 fully saturated rings. The van der Waals surface area contributed by atoms with Gasteiger partial charge in [-0.15, -0.1) is 0 Å². The van der Waals surface area contributed by atoms with E-state index < -0.39 is 11.7 Å². The van der Waals surface area contributed by atoms with Crippen LogP contribution in [0.2, 0.25) is 5.02 Å². The lowest BCUT2D eigenvalue weighted by Crippen LogP contribution is -2.11. The number of ether oxygens (including phenoxy) is 1. The van der Waals surface area contributed by atoms with Gasteiger partial charge in [-0.2, -0.15) is 13.2 Å². The summed E-state index contributed by atoms with van der Waals surface area (Å²) < 4.78 is 46.3. The highest BCUT2D eigenvalue weighted by Gasteiger charge is 2.33. The summed E-state index contributed by atoms with van der Waals surface area (Å²) in [6.07, 6.45) is -4.49. The zero-order chi connectivity index (χ0) is 24.0. The fraction of sp³-hybridized carbons (Fsp3) is 0.240. The molecule has 0 radical (unpaired) electrons. The van der Waals surface area contributed by atoms with Crippen molar-refractivity contribution >= 4 is 38.6 Å². The van der Waals surface area contributed by atoms with Crippen molar-refractivity contribution in [1.82, 2.24) is 9.97 Å². The molecule has 0 aliphatic heterocycles. The van der Waals surface area contributed by atoms with Gasteiger partial charge in [0, 0.05) is 15.6 Å². The van der Waals surface area contributed by atoms with Crippen LogP contribution in [0.3, 0.4) is 0 Å². The van der Waals surface area contributed by atoms with Gasteiger partial charge in [-0.05, 0) is 53.4 Å². The van der Waals surface area contributed by atoms with Crippen molar-refractivity contribution in [2.24, 2.45) is 0 Å². The van der Waals surface area contributed by atoms with E-state index in [0.717, 1.165) is 22.7 Å². The summed E-state index contributed by atoms with van der Waals surface area (Å²) in [6, 6.07) is 15.2. The van der Waals surface area contributed by atoms with Crippen molar-refractivity contribution < 1.29 is 17.9 Å². The lowest BCUT2D eigenvalue weighted by molar-refractivity contribution is -0.138. The SMILES string of the molecule is CC(C)(C)c1ccc2nc(-c3ccc(Cl)c(OCc4ccc(Br)cc4C(F)(F)F)c3)[nH]c2c1. The van der Waals surface area contributed by atoms with E-state index in [0.29, 0.717) is 15.3 Å². The van der Waals surface area contributed by atoms with Gasteiger partial charge in [0.25, 0.3) is 0 Å². The van der Waals surface area contributed by atoms with Gasteiger partial charge < -0.3 is 9.72 Å². The number of rotatable bonds is 4. The van der Waals surface area contributed by atoms with Crippen LogP contribution in [0.15, 0.2) is 59.1 Å². The summed E-state index contributed by atoms with van der Waals surface area (Å²) in [5.74, 6) is 0.901. The molecule has 8 heteroatoms. The van der Waals surface area contributed by atoms with Crippen molar-refractivity contribution in [2.75, 3.05) is 0 Å². The summed E-state index contributed by atoms with van der Waals surface area (Å²) in [5, 5.41) is 0.301. The highest BCUT2D eigenvalue weighted by molar-refractivity contribution is 9.10. The van der Waals surface area contributed by atoms with Gasteiger partial charge in [-0.25, -0.2) is 4.98 Å². The molecule has 3 nitrogen and oxygen atoms in total. The van der Waals surface area contributed by atoms with Crippen molar-refractivity contribution in [3.05, 3.63) is 80.8 Å². The number of nitrogens with zero attached hydrogens (tertiary/aromatic N) is 1. The molecule has 0 aliphatic rings. The zero-order valence-corrected chi connectivity index (χ0v) is 20.5. The van der Waals surface area contributed by atoms with Crippen molar-refractivity contribution in [1.29, 1.82) is 0 Å². The van der Waals surface area contributed by atoms with Crippen molar-refractivity contribution in [3.63, 3.8) is 0 Å². The van der Waals surface area contributed by atoms with Crippen LogP contribution in [-0.4, -0.2) is 9.97 Å². The maximum atomic E-state index is 13.4. The number of aromatic nitrogens is 2. The predicted molar refractivity (Wildman–Crippen MR) is 129 cm³/mol. The molecular weight excluding hydrogens is 517 g/mol. The molecule has 1 aromatic heterocycles. The van der Waals surface area contributed by atoms with Gasteiger partial charge in [0.05, 0.1) is 21.6 Å². The number of fused-ring (bicyclic) bond motifs is 1. The van der Waals surface area contributed by atoms with Crippen molar-refractivity contribution in [2.45, 2.75) is 39.0 Å². The van der Waals surface area contributed by atoms with Crippen LogP contribution in [0.1, 0.15) is 37.5 Å². The second kappa shape index (κ2) is 8.69. The Morgan fingerprint density at radius 2 is 1.76 bits per heavy atom. The minimum absolute atomic E-state index is 0.00301. The number of nitrogens with one attached hydrogen (secondary N) is 1. The first-order valence-corrected chi connectivity index (χ1v) is 11.4. The molecule has 0 amide bonds. The summed E-state index contributed by atoms with van der Waals surface area (Å²) in [5.41, 5.74) is 2.89. The average molecular weight is 538 g/mol. The van der Waals surface area contributed by atoms with E-state index >= 15 is 0 Å². The number of halogens is 5. The highest BCUT2D eigenvalue weighted by atomic mass is 79.9. The highest BCUT2D eigenvalue weighted by Crippen LogP contribution is 2.36. The third-order valence-electron chi connectivity index (χ3n) is 5.31. The van der Waals surface area contributed by atoms with Gasteiger partial charge in [0.15, 0.2) is 0 Å². The van der Waals surface area contributed by atoms with E-state index in [-0.39, 0.29) is 23.3 Å². The number of hydrogen-bond acceptors (Lipinski definition) is 2. The van der Waals surface area contributed by atoms with E-state index in [1.54, 1.807) is 24.3 Å². The number of imidazole rings is 1. The van der Waals surface area contributed by atoms with Crippen LogP contribution in [0.5, 0.6) is 5.75 Å². The molecule has 4 rings (SSSR count). The van der Waals surface area contributed by atoms with Gasteiger partial charge >= 0.3 is 6.18 Å². The van der Waals surface area contributed by atoms with E-state index in [4.69, 9.17) is 16.3 Å². The average Bonchev–Trinajstić information content (AvgIpc) is 3.16. The molecule has 4 aromatic rings. The van der Waals surface area contributed by atoms with E-state index in [2.05, 4.69) is 58.8 Å². The van der Waals surface area contributed by atoms with Crippen LogP contribution in [-0.2, 0) is 18.2 Å². The molecule has 0 atom stereocenters. The van der Waals surface area contributed by atoms with E-state index in [9.17, 15) is 13.2 Å². The fourth-order valence-electron chi connectivity index (χ4n) is 3.47. The number of aromatic amines is 1. The first-order valence-electron chi connectivity index (χ1n) is 10.2. The minimum atomic E-state index is -4.49. The van der Waals surface area contributed by atoms with Gasteiger partial charge in [-0.3, -0.25) is 0 Å². The molecule has 0 saturated carbocycles. The molecule has 0 unspecified atom stereocenters. The summed E-state index contributed by atoms with van der Waals surface area (Å²) >= 11 is 9.36. The molecule has 0 spiro atoms. The molecule has 33 heavy (non-hydrogen) atoms. The smallest absolute Gasteiger partial charge is 0.416 e. The summed E-state index contributed by atoms with van der Waals surface area (Å²) in [7, 11) is 0. The Morgan fingerprint density at radius 1 is 1.00 bits per heavy atom. The molecular formula is C25H21BrClF3N2O. The largest absolute Gasteiger partial charge is 0.487 e. The standard InChI is InChI=1S/C25H21BrClF3N2O/c1-24(2,3)16-6-9-20-21(11-16)32-23(31-20)14-5-8-19(27)22(10-14)33-13-15-4-7-17(26)12-18(15)25(28,29)30/h4-12H,13H2,1-3H3,(H,31,32). The maximum absolute atomic E-state index is 13.4. The molecule has 172 valence electrons. The lowest BCUT2D eigenvalue weighted by Gasteiger charge is -2.18. The molecule has 0 bridgehead atoms. The predicted octanol–water partition coefficient (Wildman–Crippen LogP) is 8.54.